The molecule has 2 aliphatic rings. The molecule has 120 valence electrons. The lowest BCUT2D eigenvalue weighted by molar-refractivity contribution is -0.150. The predicted molar refractivity (Wildman–Crippen MR) is 81.1 cm³/mol. The summed E-state index contributed by atoms with van der Waals surface area (Å²) in [4.78, 5) is 25.4. The van der Waals surface area contributed by atoms with Gasteiger partial charge in [0.1, 0.15) is 0 Å². The highest BCUT2D eigenvalue weighted by Gasteiger charge is 2.39. The van der Waals surface area contributed by atoms with Crippen LogP contribution in [0.4, 0.5) is 4.79 Å². The van der Waals surface area contributed by atoms with Gasteiger partial charge in [0, 0.05) is 19.1 Å². The summed E-state index contributed by atoms with van der Waals surface area (Å²) in [5.74, 6) is 0.00638. The lowest BCUT2D eigenvalue weighted by Gasteiger charge is -2.38. The van der Waals surface area contributed by atoms with Crippen LogP contribution >= 0.6 is 0 Å². The number of carboxylic acids is 1. The minimum atomic E-state index is -0.802. The molecule has 0 aromatic carbocycles. The van der Waals surface area contributed by atoms with Gasteiger partial charge in [-0.3, -0.25) is 4.79 Å². The van der Waals surface area contributed by atoms with Crippen molar-refractivity contribution in [3.8, 4) is 0 Å². The molecule has 0 aromatic rings. The Morgan fingerprint density at radius 3 is 2.52 bits per heavy atom. The molecular weight excluding hydrogens is 268 g/mol. The first kappa shape index (κ1) is 16.1. The van der Waals surface area contributed by atoms with Crippen LogP contribution in [0.3, 0.4) is 0 Å². The molecule has 1 aliphatic heterocycles. The quantitative estimate of drug-likeness (QED) is 0.841. The van der Waals surface area contributed by atoms with Crippen molar-refractivity contribution in [2.45, 2.75) is 64.8 Å². The van der Waals surface area contributed by atoms with Crippen LogP contribution in [0, 0.1) is 11.3 Å². The van der Waals surface area contributed by atoms with Gasteiger partial charge in [-0.1, -0.05) is 13.3 Å². The van der Waals surface area contributed by atoms with E-state index in [-0.39, 0.29) is 12.1 Å². The summed E-state index contributed by atoms with van der Waals surface area (Å²) in [6.07, 6.45) is 7.11. The molecule has 1 unspecified atom stereocenters. The van der Waals surface area contributed by atoms with Crippen molar-refractivity contribution < 1.29 is 14.7 Å². The number of carboxylic acid groups (broad SMARTS) is 1. The summed E-state index contributed by atoms with van der Waals surface area (Å²) in [6, 6.07) is 0.181. The molecule has 1 heterocycles. The fourth-order valence-corrected chi connectivity index (χ4v) is 3.57. The van der Waals surface area contributed by atoms with Crippen LogP contribution < -0.4 is 5.32 Å². The van der Waals surface area contributed by atoms with Gasteiger partial charge in [0.25, 0.3) is 0 Å². The van der Waals surface area contributed by atoms with Crippen molar-refractivity contribution in [3.05, 3.63) is 0 Å². The number of carbonyl (C=O) groups is 2. The molecule has 0 spiro atoms. The van der Waals surface area contributed by atoms with Gasteiger partial charge in [0.05, 0.1) is 5.41 Å². The zero-order valence-corrected chi connectivity index (χ0v) is 13.2. The Balaban J connectivity index is 1.85. The Morgan fingerprint density at radius 2 is 1.95 bits per heavy atom. The molecule has 1 saturated heterocycles. The van der Waals surface area contributed by atoms with E-state index in [2.05, 4.69) is 12.2 Å². The van der Waals surface area contributed by atoms with E-state index < -0.39 is 11.4 Å². The summed E-state index contributed by atoms with van der Waals surface area (Å²) >= 11 is 0. The van der Waals surface area contributed by atoms with Crippen LogP contribution in [0.15, 0.2) is 0 Å². The SMILES string of the molecule is CCC1CCC(NC(=O)N2CCCC(C)(C(=O)O)C2)CC1. The Morgan fingerprint density at radius 1 is 1.29 bits per heavy atom. The monoisotopic (exact) mass is 296 g/mol. The summed E-state index contributed by atoms with van der Waals surface area (Å²) in [5, 5.41) is 12.4. The van der Waals surface area contributed by atoms with Gasteiger partial charge in [0.2, 0.25) is 0 Å². The van der Waals surface area contributed by atoms with Crippen molar-refractivity contribution in [2.75, 3.05) is 13.1 Å². The van der Waals surface area contributed by atoms with Crippen LogP contribution in [0.5, 0.6) is 0 Å². The average Bonchev–Trinajstić information content (AvgIpc) is 2.48. The first-order valence-electron chi connectivity index (χ1n) is 8.23. The van der Waals surface area contributed by atoms with Gasteiger partial charge in [-0.05, 0) is 51.4 Å². The molecule has 1 atom stereocenters. The van der Waals surface area contributed by atoms with Crippen LogP contribution in [-0.2, 0) is 4.79 Å². The zero-order valence-electron chi connectivity index (χ0n) is 13.2. The van der Waals surface area contributed by atoms with Crippen LogP contribution in [0.1, 0.15) is 58.8 Å². The minimum absolute atomic E-state index is 0.0814. The third kappa shape index (κ3) is 3.89. The number of nitrogens with zero attached hydrogens (tertiary/aromatic N) is 1. The number of carbonyl (C=O) groups excluding carboxylic acids is 1. The Kier molecular flexibility index (Phi) is 5.12. The minimum Gasteiger partial charge on any atom is -0.481 e. The van der Waals surface area contributed by atoms with Crippen LogP contribution in [0.2, 0.25) is 0 Å². The topological polar surface area (TPSA) is 69.6 Å². The molecule has 1 aliphatic carbocycles. The molecule has 2 rings (SSSR count). The highest BCUT2D eigenvalue weighted by atomic mass is 16.4. The van der Waals surface area contributed by atoms with Gasteiger partial charge in [-0.15, -0.1) is 0 Å². The Bertz CT molecular complexity index is 391. The largest absolute Gasteiger partial charge is 0.481 e. The fourth-order valence-electron chi connectivity index (χ4n) is 3.57. The zero-order chi connectivity index (χ0) is 15.5. The molecule has 0 aromatic heterocycles. The lowest BCUT2D eigenvalue weighted by atomic mass is 9.82. The summed E-state index contributed by atoms with van der Waals surface area (Å²) in [7, 11) is 0. The highest BCUT2D eigenvalue weighted by Crippen LogP contribution is 2.30. The maximum Gasteiger partial charge on any atom is 0.317 e. The summed E-state index contributed by atoms with van der Waals surface area (Å²) < 4.78 is 0. The van der Waals surface area contributed by atoms with Gasteiger partial charge in [-0.25, -0.2) is 4.79 Å². The van der Waals surface area contributed by atoms with Crippen molar-refractivity contribution in [1.82, 2.24) is 10.2 Å². The summed E-state index contributed by atoms with van der Waals surface area (Å²) in [6.45, 7) is 4.95. The second-order valence-electron chi connectivity index (χ2n) is 6.97. The first-order valence-corrected chi connectivity index (χ1v) is 8.23. The van der Waals surface area contributed by atoms with E-state index in [1.54, 1.807) is 11.8 Å². The fraction of sp³-hybridized carbons (Fsp3) is 0.875. The molecule has 5 heteroatoms. The number of aliphatic carboxylic acids is 1. The predicted octanol–water partition coefficient (Wildman–Crippen LogP) is 2.85. The van der Waals surface area contributed by atoms with Crippen LogP contribution in [-0.4, -0.2) is 41.1 Å². The van der Waals surface area contributed by atoms with E-state index >= 15 is 0 Å². The van der Waals surface area contributed by atoms with Crippen LogP contribution in [0.25, 0.3) is 0 Å². The highest BCUT2D eigenvalue weighted by molar-refractivity contribution is 5.78. The number of hydrogen-bond donors (Lipinski definition) is 2. The third-order valence-corrected chi connectivity index (χ3v) is 5.25. The molecule has 1 saturated carbocycles. The number of urea groups is 1. The van der Waals surface area contributed by atoms with Crippen molar-refractivity contribution in [3.63, 3.8) is 0 Å². The van der Waals surface area contributed by atoms with Gasteiger partial charge in [-0.2, -0.15) is 0 Å². The average molecular weight is 296 g/mol. The molecule has 2 N–H and O–H groups in total. The second-order valence-corrected chi connectivity index (χ2v) is 6.97. The number of piperidine rings is 1. The first-order chi connectivity index (χ1) is 9.94. The van der Waals surface area contributed by atoms with Crippen molar-refractivity contribution in [1.29, 1.82) is 0 Å². The number of hydrogen-bond acceptors (Lipinski definition) is 2. The standard InChI is InChI=1S/C16H28N2O3/c1-3-12-5-7-13(8-6-12)17-15(21)18-10-4-9-16(2,11-18)14(19)20/h12-13H,3-11H2,1-2H3,(H,17,21)(H,19,20). The van der Waals surface area contributed by atoms with E-state index in [9.17, 15) is 14.7 Å². The second kappa shape index (κ2) is 6.67. The molecular formula is C16H28N2O3. The third-order valence-electron chi connectivity index (χ3n) is 5.25. The van der Waals surface area contributed by atoms with E-state index in [0.717, 1.165) is 25.2 Å². The Hall–Kier alpha value is -1.26. The number of likely N-dealkylation sites (tertiary alicyclic amines) is 1. The van der Waals surface area contributed by atoms with E-state index in [1.165, 1.54) is 19.3 Å². The number of nitrogens with one attached hydrogen (secondary N) is 1. The lowest BCUT2D eigenvalue weighted by Crippen LogP contribution is -2.53. The molecule has 2 fully saturated rings. The van der Waals surface area contributed by atoms with E-state index in [4.69, 9.17) is 0 Å². The van der Waals surface area contributed by atoms with E-state index in [0.29, 0.717) is 19.5 Å². The van der Waals surface area contributed by atoms with E-state index in [1.807, 2.05) is 0 Å². The van der Waals surface area contributed by atoms with Gasteiger partial charge >= 0.3 is 12.0 Å². The maximum absolute atomic E-state index is 12.3. The molecule has 0 bridgehead atoms. The smallest absolute Gasteiger partial charge is 0.317 e. The van der Waals surface area contributed by atoms with Gasteiger partial charge < -0.3 is 15.3 Å². The molecule has 21 heavy (non-hydrogen) atoms. The van der Waals surface area contributed by atoms with Crippen molar-refractivity contribution in [2.24, 2.45) is 11.3 Å². The Labute approximate surface area is 127 Å². The summed E-state index contributed by atoms with van der Waals surface area (Å²) in [5.41, 5.74) is -0.796. The van der Waals surface area contributed by atoms with Gasteiger partial charge in [0.15, 0.2) is 0 Å². The molecule has 0 radical (unpaired) electrons. The number of rotatable bonds is 3. The molecule has 2 amide bonds. The molecule has 5 nitrogen and oxygen atoms in total. The number of amides is 2. The normalized spacial score (nSPS) is 33.5. The van der Waals surface area contributed by atoms with Crippen molar-refractivity contribution >= 4 is 12.0 Å². The maximum atomic E-state index is 12.3.